The fraction of sp³-hybridized carbons (Fsp3) is 0.308. The Bertz CT molecular complexity index is 1280. The Kier molecular flexibility index (Phi) is 9.37. The molecule has 0 aliphatic carbocycles. The van der Waals surface area contributed by atoms with Crippen molar-refractivity contribution in [3.8, 4) is 0 Å². The molecule has 0 bridgehead atoms. The minimum Gasteiger partial charge on any atom is -0.389 e. The Morgan fingerprint density at radius 1 is 1.16 bits per heavy atom. The van der Waals surface area contributed by atoms with Crippen molar-refractivity contribution >= 4 is 28.9 Å². The van der Waals surface area contributed by atoms with Crippen LogP contribution in [0.2, 0.25) is 0 Å². The summed E-state index contributed by atoms with van der Waals surface area (Å²) in [5.41, 5.74) is -0.513. The lowest BCUT2D eigenvalue weighted by Crippen LogP contribution is -2.38. The van der Waals surface area contributed by atoms with Crippen molar-refractivity contribution in [3.05, 3.63) is 78.0 Å². The second-order valence-corrected chi connectivity index (χ2v) is 8.97. The van der Waals surface area contributed by atoms with E-state index in [1.54, 1.807) is 50.4 Å². The summed E-state index contributed by atoms with van der Waals surface area (Å²) in [6.07, 6.45) is 0.801. The fourth-order valence-corrected chi connectivity index (χ4v) is 3.27. The number of aliphatic hydroxyl groups is 1. The first-order chi connectivity index (χ1) is 17.9. The number of halogens is 3. The fourth-order valence-electron chi connectivity index (χ4n) is 3.27. The van der Waals surface area contributed by atoms with Crippen LogP contribution in [0, 0.1) is 0 Å². The molecule has 3 heterocycles. The van der Waals surface area contributed by atoms with Gasteiger partial charge in [0, 0.05) is 30.7 Å². The molecule has 3 aromatic heterocycles. The lowest BCUT2D eigenvalue weighted by Gasteiger charge is -2.17. The van der Waals surface area contributed by atoms with Gasteiger partial charge in [-0.25, -0.2) is 15.0 Å². The number of hydrogen-bond acceptors (Lipinski definition) is 6. The Morgan fingerprint density at radius 3 is 2.61 bits per heavy atom. The summed E-state index contributed by atoms with van der Waals surface area (Å²) in [4.78, 5) is 27.8. The van der Waals surface area contributed by atoms with Crippen LogP contribution in [0.25, 0.3) is 5.70 Å². The number of aromatic nitrogens is 3. The molecule has 0 radical (unpaired) electrons. The molecule has 3 aromatic rings. The minimum atomic E-state index is -4.58. The number of amides is 1. The van der Waals surface area contributed by atoms with E-state index in [1.807, 2.05) is 6.92 Å². The molecule has 0 atom stereocenters. The molecular formula is C26H30F3N7O2. The number of alkyl halides is 3. The predicted molar refractivity (Wildman–Crippen MR) is 140 cm³/mol. The zero-order chi connectivity index (χ0) is 27.8. The van der Waals surface area contributed by atoms with Gasteiger partial charge >= 0.3 is 6.18 Å². The summed E-state index contributed by atoms with van der Waals surface area (Å²) in [5.74, 6) is 0.255. The monoisotopic (exact) mass is 529 g/mol. The van der Waals surface area contributed by atoms with Gasteiger partial charge < -0.3 is 26.0 Å². The van der Waals surface area contributed by atoms with Gasteiger partial charge in [-0.2, -0.15) is 13.2 Å². The maximum atomic E-state index is 13.3. The van der Waals surface area contributed by atoms with Crippen LogP contribution in [0.1, 0.15) is 44.3 Å². The molecule has 1 amide bonds. The molecule has 0 fully saturated rings. The largest absolute Gasteiger partial charge is 0.433 e. The third-order valence-corrected chi connectivity index (χ3v) is 4.92. The normalized spacial score (nSPS) is 12.9. The Hall–Kier alpha value is -4.03. The lowest BCUT2D eigenvalue weighted by atomic mass is 10.1. The summed E-state index contributed by atoms with van der Waals surface area (Å²) >= 11 is 0. The van der Waals surface area contributed by atoms with Gasteiger partial charge in [0.05, 0.1) is 29.2 Å². The number of amidine groups is 1. The van der Waals surface area contributed by atoms with Gasteiger partial charge in [0.25, 0.3) is 0 Å². The number of aromatic amines is 1. The van der Waals surface area contributed by atoms with Crippen LogP contribution in [-0.4, -0.2) is 50.5 Å². The molecule has 202 valence electrons. The summed E-state index contributed by atoms with van der Waals surface area (Å²) in [6, 6.07) is 10.4. The first-order valence-electron chi connectivity index (χ1n) is 11.9. The van der Waals surface area contributed by atoms with E-state index >= 15 is 0 Å². The molecule has 3 rings (SSSR count). The number of nitrogens with one attached hydrogen (secondary N) is 4. The van der Waals surface area contributed by atoms with Gasteiger partial charge in [-0.15, -0.1) is 0 Å². The van der Waals surface area contributed by atoms with E-state index < -0.39 is 17.5 Å². The van der Waals surface area contributed by atoms with Crippen LogP contribution in [-0.2, 0) is 11.0 Å². The zero-order valence-corrected chi connectivity index (χ0v) is 21.2. The number of anilines is 2. The van der Waals surface area contributed by atoms with Crippen molar-refractivity contribution in [3.63, 3.8) is 0 Å². The van der Waals surface area contributed by atoms with E-state index in [0.29, 0.717) is 23.6 Å². The molecule has 0 aliphatic heterocycles. The van der Waals surface area contributed by atoms with Crippen molar-refractivity contribution in [2.45, 2.75) is 39.0 Å². The van der Waals surface area contributed by atoms with Crippen molar-refractivity contribution in [2.75, 3.05) is 23.7 Å². The van der Waals surface area contributed by atoms with Gasteiger partial charge in [0.1, 0.15) is 11.5 Å². The highest BCUT2D eigenvalue weighted by atomic mass is 19.4. The molecule has 38 heavy (non-hydrogen) atoms. The number of pyridine rings is 2. The Balaban J connectivity index is 1.85. The molecule has 12 heteroatoms. The Labute approximate surface area is 218 Å². The third kappa shape index (κ3) is 8.82. The van der Waals surface area contributed by atoms with Crippen molar-refractivity contribution < 1.29 is 23.1 Å². The lowest BCUT2D eigenvalue weighted by molar-refractivity contribution is -0.141. The molecule has 0 spiro atoms. The number of hydrogen-bond donors (Lipinski definition) is 5. The summed E-state index contributed by atoms with van der Waals surface area (Å²) in [5, 5.41) is 18.4. The highest BCUT2D eigenvalue weighted by molar-refractivity contribution is 6.09. The highest BCUT2D eigenvalue weighted by Crippen LogP contribution is 2.29. The summed E-state index contributed by atoms with van der Waals surface area (Å²) in [6.45, 7) is 5.32. The molecule has 0 unspecified atom stereocenters. The first kappa shape index (κ1) is 28.5. The molecule has 0 aliphatic rings. The number of allylic oxidation sites excluding steroid dienone is 1. The topological polar surface area (TPSA) is 127 Å². The molecule has 9 nitrogen and oxygen atoms in total. The number of aliphatic imine (C=N–C) groups is 1. The van der Waals surface area contributed by atoms with E-state index in [0.717, 1.165) is 6.07 Å². The predicted octanol–water partition coefficient (Wildman–Crippen LogP) is 4.43. The van der Waals surface area contributed by atoms with E-state index in [-0.39, 0.29) is 36.2 Å². The molecule has 0 saturated carbocycles. The SMILES string of the molecule is CC/C=C(/N=C(Nc1ccnc(NC(=O)CNCC(C)(C)O)c1)c1ccc[nH]1)c1cccc(C(F)(F)F)n1. The van der Waals surface area contributed by atoms with Crippen LogP contribution in [0.5, 0.6) is 0 Å². The van der Waals surface area contributed by atoms with Gasteiger partial charge in [-0.05, 0) is 50.6 Å². The number of rotatable bonds is 10. The van der Waals surface area contributed by atoms with Crippen LogP contribution in [0.15, 0.2) is 65.9 Å². The van der Waals surface area contributed by atoms with E-state index in [2.05, 4.69) is 35.9 Å². The number of carbonyl (C=O) groups is 1. The zero-order valence-electron chi connectivity index (χ0n) is 21.2. The number of H-pyrrole nitrogens is 1. The second kappa shape index (κ2) is 12.5. The first-order valence-corrected chi connectivity index (χ1v) is 11.9. The van der Waals surface area contributed by atoms with Gasteiger partial charge in [0.15, 0.2) is 5.84 Å². The van der Waals surface area contributed by atoms with Crippen molar-refractivity contribution in [2.24, 2.45) is 4.99 Å². The second-order valence-electron chi connectivity index (χ2n) is 8.97. The highest BCUT2D eigenvalue weighted by Gasteiger charge is 2.32. The average molecular weight is 530 g/mol. The molecule has 5 N–H and O–H groups in total. The maximum absolute atomic E-state index is 13.3. The summed E-state index contributed by atoms with van der Waals surface area (Å²) < 4.78 is 39.8. The van der Waals surface area contributed by atoms with E-state index in [1.165, 1.54) is 18.3 Å². The van der Waals surface area contributed by atoms with Gasteiger partial charge in [-0.3, -0.25) is 4.79 Å². The number of carbonyl (C=O) groups excluding carboxylic acids is 1. The molecule has 0 aromatic carbocycles. The average Bonchev–Trinajstić information content (AvgIpc) is 3.37. The number of nitrogens with zero attached hydrogens (tertiary/aromatic N) is 3. The van der Waals surface area contributed by atoms with E-state index in [9.17, 15) is 23.1 Å². The third-order valence-electron chi connectivity index (χ3n) is 4.92. The van der Waals surface area contributed by atoms with Crippen LogP contribution < -0.4 is 16.0 Å². The Morgan fingerprint density at radius 2 is 1.95 bits per heavy atom. The van der Waals surface area contributed by atoms with Crippen LogP contribution in [0.3, 0.4) is 0 Å². The molecular weight excluding hydrogens is 499 g/mol. The van der Waals surface area contributed by atoms with Crippen LogP contribution >= 0.6 is 0 Å². The molecule has 0 saturated heterocycles. The standard InChI is InChI=1S/C26H30F3N7O2/c1-4-7-18(19-8-5-10-21(34-19)26(27,28)29)35-24(20-9-6-12-31-20)33-17-11-13-32-22(14-17)36-23(37)15-30-16-25(2,3)38/h5-14,30-31,38H,4,15-16H2,1-3H3,(H2,32,33,35,36,37)/b18-7+. The quantitative estimate of drug-likeness (QED) is 0.195. The summed E-state index contributed by atoms with van der Waals surface area (Å²) in [7, 11) is 0. The van der Waals surface area contributed by atoms with Crippen molar-refractivity contribution in [1.29, 1.82) is 0 Å². The van der Waals surface area contributed by atoms with Crippen LogP contribution in [0.4, 0.5) is 24.7 Å². The smallest absolute Gasteiger partial charge is 0.389 e. The van der Waals surface area contributed by atoms with Gasteiger partial charge in [0.2, 0.25) is 5.91 Å². The van der Waals surface area contributed by atoms with Gasteiger partial charge in [-0.1, -0.05) is 19.1 Å². The maximum Gasteiger partial charge on any atom is 0.433 e. The van der Waals surface area contributed by atoms with Crippen molar-refractivity contribution in [1.82, 2.24) is 20.3 Å². The minimum absolute atomic E-state index is 0.0202. The van der Waals surface area contributed by atoms with E-state index in [4.69, 9.17) is 0 Å².